The number of aryl methyl sites for hydroxylation is 1. The molecule has 5 rings (SSSR count). The Balaban J connectivity index is 1.35. The molecule has 1 unspecified atom stereocenters. The first-order valence-corrected chi connectivity index (χ1v) is 15.2. The van der Waals surface area contributed by atoms with Gasteiger partial charge in [-0.15, -0.1) is 0 Å². The molecule has 1 saturated heterocycles. The number of rotatable bonds is 12. The summed E-state index contributed by atoms with van der Waals surface area (Å²) >= 11 is 0. The SMILES string of the molecule is CCOC(=O)CCc1ccccc1OC1CCN(CC(O)(c2cn(Cc3ccccc3)c3cc([N+](=O)[O-])ccc23)C(F)(F)F)CC1. The van der Waals surface area contributed by atoms with Crippen LogP contribution in [-0.2, 0) is 28.1 Å². The summed E-state index contributed by atoms with van der Waals surface area (Å²) < 4.78 is 57.3. The van der Waals surface area contributed by atoms with Gasteiger partial charge in [0.05, 0.1) is 17.0 Å². The summed E-state index contributed by atoms with van der Waals surface area (Å²) in [5.74, 6) is 0.321. The Labute approximate surface area is 264 Å². The van der Waals surface area contributed by atoms with E-state index in [1.54, 1.807) is 24.0 Å². The summed E-state index contributed by atoms with van der Waals surface area (Å²) in [6.45, 7) is 2.01. The Morgan fingerprint density at radius 2 is 1.74 bits per heavy atom. The summed E-state index contributed by atoms with van der Waals surface area (Å²) in [6, 6.07) is 20.1. The number of ether oxygens (including phenoxy) is 2. The number of β-amino-alcohol motifs (C(OH)–C–C–N with tert-alkyl or cyclic N) is 1. The molecule has 0 bridgehead atoms. The van der Waals surface area contributed by atoms with Gasteiger partial charge in [-0.1, -0.05) is 48.5 Å². The highest BCUT2D eigenvalue weighted by molar-refractivity contribution is 5.87. The monoisotopic (exact) mass is 639 g/mol. The number of non-ortho nitro benzene ring substituents is 1. The van der Waals surface area contributed by atoms with Crippen molar-refractivity contribution in [2.45, 2.75) is 57.0 Å². The number of benzene rings is 3. The molecule has 1 aliphatic heterocycles. The van der Waals surface area contributed by atoms with Gasteiger partial charge in [-0.2, -0.15) is 13.2 Å². The van der Waals surface area contributed by atoms with Crippen molar-refractivity contribution in [2.75, 3.05) is 26.2 Å². The first-order valence-electron chi connectivity index (χ1n) is 15.2. The molecule has 0 radical (unpaired) electrons. The number of fused-ring (bicyclic) bond motifs is 1. The predicted molar refractivity (Wildman–Crippen MR) is 166 cm³/mol. The molecule has 2 heterocycles. The van der Waals surface area contributed by atoms with Crippen molar-refractivity contribution in [1.82, 2.24) is 9.47 Å². The number of hydrogen-bond donors (Lipinski definition) is 1. The van der Waals surface area contributed by atoms with Crippen LogP contribution in [0.2, 0.25) is 0 Å². The van der Waals surface area contributed by atoms with Gasteiger partial charge in [-0.3, -0.25) is 19.8 Å². The molecular formula is C34H36F3N3O6. The summed E-state index contributed by atoms with van der Waals surface area (Å²) in [5.41, 5.74) is -1.99. The van der Waals surface area contributed by atoms with Crippen molar-refractivity contribution in [3.8, 4) is 5.75 Å². The van der Waals surface area contributed by atoms with E-state index in [0.29, 0.717) is 31.6 Å². The summed E-state index contributed by atoms with van der Waals surface area (Å²) in [6.07, 6.45) is -2.52. The lowest BCUT2D eigenvalue weighted by Gasteiger charge is -2.39. The van der Waals surface area contributed by atoms with Crippen LogP contribution in [0.15, 0.2) is 79.0 Å². The maximum Gasteiger partial charge on any atom is 0.422 e. The number of carbonyl (C=O) groups is 1. The van der Waals surface area contributed by atoms with Gasteiger partial charge in [0.25, 0.3) is 5.69 Å². The normalized spacial score (nSPS) is 15.8. The highest BCUT2D eigenvalue weighted by atomic mass is 19.4. The van der Waals surface area contributed by atoms with Gasteiger partial charge in [0.2, 0.25) is 5.60 Å². The molecule has 46 heavy (non-hydrogen) atoms. The minimum absolute atomic E-state index is 0.0963. The topological polar surface area (TPSA) is 107 Å². The summed E-state index contributed by atoms with van der Waals surface area (Å²) in [4.78, 5) is 24.3. The molecule has 0 spiro atoms. The van der Waals surface area contributed by atoms with Gasteiger partial charge in [0.1, 0.15) is 11.9 Å². The van der Waals surface area contributed by atoms with Crippen LogP contribution >= 0.6 is 0 Å². The maximum absolute atomic E-state index is 14.9. The van der Waals surface area contributed by atoms with E-state index in [9.17, 15) is 33.2 Å². The lowest BCUT2D eigenvalue weighted by atomic mass is 9.91. The molecule has 1 atom stereocenters. The van der Waals surface area contributed by atoms with Crippen molar-refractivity contribution >= 4 is 22.6 Å². The zero-order valence-electron chi connectivity index (χ0n) is 25.4. The number of halogens is 3. The zero-order chi connectivity index (χ0) is 32.9. The van der Waals surface area contributed by atoms with Crippen LogP contribution in [0.5, 0.6) is 5.75 Å². The average Bonchev–Trinajstić information content (AvgIpc) is 3.39. The van der Waals surface area contributed by atoms with E-state index >= 15 is 0 Å². The number of para-hydroxylation sites is 1. The number of aromatic nitrogens is 1. The fraction of sp³-hybridized carbons (Fsp3) is 0.382. The number of carbonyl (C=O) groups excluding carboxylic acids is 1. The number of piperidine rings is 1. The van der Waals surface area contributed by atoms with E-state index in [4.69, 9.17) is 9.47 Å². The van der Waals surface area contributed by atoms with E-state index in [-0.39, 0.29) is 60.3 Å². The standard InChI is InChI=1S/C34H36F3N3O6/c1-2-45-32(41)15-12-25-10-6-7-11-31(25)46-27-16-18-38(19-17-27)23-33(42,34(35,36)37)29-22-39(21-24-8-4-3-5-9-24)30-20-26(40(43)44)13-14-28(29)30/h3-11,13-14,20,22,27,42H,2,12,15-19,21,23H2,1H3. The highest BCUT2D eigenvalue weighted by Gasteiger charge is 2.57. The van der Waals surface area contributed by atoms with Gasteiger partial charge < -0.3 is 19.1 Å². The average molecular weight is 640 g/mol. The van der Waals surface area contributed by atoms with E-state index in [0.717, 1.165) is 17.2 Å². The minimum atomic E-state index is -5.04. The lowest BCUT2D eigenvalue weighted by Crippen LogP contribution is -2.53. The smallest absolute Gasteiger partial charge is 0.422 e. The highest BCUT2D eigenvalue weighted by Crippen LogP contribution is 2.44. The zero-order valence-corrected chi connectivity index (χ0v) is 25.4. The fourth-order valence-electron chi connectivity index (χ4n) is 5.95. The van der Waals surface area contributed by atoms with E-state index in [2.05, 4.69) is 0 Å². The van der Waals surface area contributed by atoms with Crippen LogP contribution < -0.4 is 4.74 Å². The number of alkyl halides is 3. The minimum Gasteiger partial charge on any atom is -0.490 e. The van der Waals surface area contributed by atoms with Crippen LogP contribution in [0.1, 0.15) is 42.9 Å². The van der Waals surface area contributed by atoms with Crippen LogP contribution in [0.4, 0.5) is 18.9 Å². The maximum atomic E-state index is 14.9. The largest absolute Gasteiger partial charge is 0.490 e. The van der Waals surface area contributed by atoms with E-state index < -0.39 is 23.2 Å². The third-order valence-corrected chi connectivity index (χ3v) is 8.34. The first-order chi connectivity index (χ1) is 22.0. The second-order valence-electron chi connectivity index (χ2n) is 11.5. The van der Waals surface area contributed by atoms with Crippen molar-refractivity contribution < 1.29 is 37.5 Å². The number of hydrogen-bond acceptors (Lipinski definition) is 7. The molecule has 9 nitrogen and oxygen atoms in total. The Morgan fingerprint density at radius 1 is 1.04 bits per heavy atom. The van der Waals surface area contributed by atoms with Gasteiger partial charge in [-0.25, -0.2) is 0 Å². The van der Waals surface area contributed by atoms with Crippen LogP contribution in [0.3, 0.4) is 0 Å². The molecule has 0 aliphatic carbocycles. The Morgan fingerprint density at radius 3 is 2.41 bits per heavy atom. The van der Waals surface area contributed by atoms with E-state index in [1.165, 1.54) is 22.9 Å². The number of esters is 1. The van der Waals surface area contributed by atoms with Crippen LogP contribution in [-0.4, -0.2) is 64.0 Å². The molecule has 0 amide bonds. The molecule has 3 aromatic carbocycles. The Hall–Kier alpha value is -4.42. The van der Waals surface area contributed by atoms with Crippen molar-refractivity contribution in [1.29, 1.82) is 0 Å². The molecule has 1 fully saturated rings. The second-order valence-corrected chi connectivity index (χ2v) is 11.5. The van der Waals surface area contributed by atoms with Gasteiger partial charge in [-0.05, 0) is 49.4 Å². The number of likely N-dealkylation sites (tertiary alicyclic amines) is 1. The van der Waals surface area contributed by atoms with Crippen LogP contribution in [0.25, 0.3) is 10.9 Å². The Kier molecular flexibility index (Phi) is 9.97. The van der Waals surface area contributed by atoms with Crippen molar-refractivity contribution in [3.05, 3.63) is 106 Å². The Bertz CT molecular complexity index is 1670. The van der Waals surface area contributed by atoms with Gasteiger partial charge in [0.15, 0.2) is 0 Å². The van der Waals surface area contributed by atoms with Crippen molar-refractivity contribution in [3.63, 3.8) is 0 Å². The third-order valence-electron chi connectivity index (χ3n) is 8.34. The molecule has 0 saturated carbocycles. The molecular weight excluding hydrogens is 603 g/mol. The lowest BCUT2D eigenvalue weighted by molar-refractivity contribution is -0.384. The molecule has 4 aromatic rings. The molecule has 1 aliphatic rings. The number of nitro groups is 1. The number of aliphatic hydroxyl groups is 1. The fourth-order valence-corrected chi connectivity index (χ4v) is 5.95. The molecule has 1 N–H and O–H groups in total. The third kappa shape index (κ3) is 7.34. The quantitative estimate of drug-likeness (QED) is 0.109. The van der Waals surface area contributed by atoms with Gasteiger partial charge >= 0.3 is 12.1 Å². The summed E-state index contributed by atoms with van der Waals surface area (Å²) in [5, 5.41) is 23.1. The first kappa shape index (κ1) is 33.0. The predicted octanol–water partition coefficient (Wildman–Crippen LogP) is 6.39. The second kappa shape index (κ2) is 13.9. The van der Waals surface area contributed by atoms with Gasteiger partial charge in [0, 0.05) is 61.9 Å². The molecule has 244 valence electrons. The number of nitrogens with zero attached hydrogens (tertiary/aromatic N) is 3. The summed E-state index contributed by atoms with van der Waals surface area (Å²) in [7, 11) is 0. The van der Waals surface area contributed by atoms with E-state index in [1.807, 2.05) is 42.5 Å². The number of nitro benzene ring substituents is 1. The molecule has 12 heteroatoms. The van der Waals surface area contributed by atoms with Crippen molar-refractivity contribution in [2.24, 2.45) is 0 Å². The molecule has 1 aromatic heterocycles. The van der Waals surface area contributed by atoms with Crippen LogP contribution in [0, 0.1) is 10.1 Å².